The predicted molar refractivity (Wildman–Crippen MR) is 84.4 cm³/mol. The van der Waals surface area contributed by atoms with Crippen molar-refractivity contribution < 1.29 is 8.42 Å². The Morgan fingerprint density at radius 1 is 1.24 bits per heavy atom. The Hall–Kier alpha value is -1.82. The largest absolute Gasteiger partial charge is 0.384 e. The van der Waals surface area contributed by atoms with Crippen molar-refractivity contribution in [1.29, 1.82) is 0 Å². The molecule has 0 bridgehead atoms. The Bertz CT molecular complexity index is 720. The van der Waals surface area contributed by atoms with Crippen LogP contribution in [-0.4, -0.2) is 31.0 Å². The SMILES string of the molecule is Cc1cc(C)n(CCCNc2ccccc2S(C)(=O)=O)n1. The van der Waals surface area contributed by atoms with E-state index in [0.717, 1.165) is 24.4 Å². The van der Waals surface area contributed by atoms with Gasteiger partial charge in [0.2, 0.25) is 0 Å². The molecule has 0 radical (unpaired) electrons. The van der Waals surface area contributed by atoms with Gasteiger partial charge in [-0.3, -0.25) is 4.68 Å². The van der Waals surface area contributed by atoms with Crippen molar-refractivity contribution in [2.24, 2.45) is 0 Å². The number of aromatic nitrogens is 2. The van der Waals surface area contributed by atoms with Gasteiger partial charge in [0.25, 0.3) is 0 Å². The summed E-state index contributed by atoms with van der Waals surface area (Å²) in [5, 5.41) is 7.60. The molecule has 114 valence electrons. The first-order chi connectivity index (χ1) is 9.88. The molecule has 0 fully saturated rings. The zero-order valence-corrected chi connectivity index (χ0v) is 13.4. The number of para-hydroxylation sites is 1. The fourth-order valence-electron chi connectivity index (χ4n) is 2.29. The highest BCUT2D eigenvalue weighted by Crippen LogP contribution is 2.20. The Kier molecular flexibility index (Phi) is 4.67. The monoisotopic (exact) mass is 307 g/mol. The number of anilines is 1. The molecule has 0 saturated carbocycles. The molecule has 5 nitrogen and oxygen atoms in total. The quantitative estimate of drug-likeness (QED) is 0.832. The number of sulfone groups is 1. The van der Waals surface area contributed by atoms with Gasteiger partial charge in [0.15, 0.2) is 9.84 Å². The minimum Gasteiger partial charge on any atom is -0.384 e. The van der Waals surface area contributed by atoms with Gasteiger partial charge < -0.3 is 5.32 Å². The van der Waals surface area contributed by atoms with Crippen LogP contribution in [0.25, 0.3) is 0 Å². The smallest absolute Gasteiger partial charge is 0.177 e. The van der Waals surface area contributed by atoms with E-state index in [1.165, 1.54) is 6.26 Å². The summed E-state index contributed by atoms with van der Waals surface area (Å²) in [6.07, 6.45) is 2.10. The van der Waals surface area contributed by atoms with Crippen molar-refractivity contribution >= 4 is 15.5 Å². The zero-order valence-electron chi connectivity index (χ0n) is 12.6. The summed E-state index contributed by atoms with van der Waals surface area (Å²) in [6.45, 7) is 5.52. The molecule has 2 rings (SSSR count). The topological polar surface area (TPSA) is 64.0 Å². The first-order valence-corrected chi connectivity index (χ1v) is 8.81. The van der Waals surface area contributed by atoms with Gasteiger partial charge in [-0.1, -0.05) is 12.1 Å². The van der Waals surface area contributed by atoms with Crippen LogP contribution in [0.5, 0.6) is 0 Å². The second kappa shape index (κ2) is 6.30. The van der Waals surface area contributed by atoms with Gasteiger partial charge in [-0.15, -0.1) is 0 Å². The molecule has 0 spiro atoms. The third kappa shape index (κ3) is 4.07. The van der Waals surface area contributed by atoms with E-state index in [1.54, 1.807) is 18.2 Å². The average Bonchev–Trinajstić information content (AvgIpc) is 2.72. The molecule has 2 aromatic rings. The highest BCUT2D eigenvalue weighted by molar-refractivity contribution is 7.90. The first-order valence-electron chi connectivity index (χ1n) is 6.92. The highest BCUT2D eigenvalue weighted by atomic mass is 32.2. The third-order valence-corrected chi connectivity index (χ3v) is 4.41. The maximum absolute atomic E-state index is 11.7. The Morgan fingerprint density at radius 3 is 2.57 bits per heavy atom. The van der Waals surface area contributed by atoms with Gasteiger partial charge in [-0.05, 0) is 38.5 Å². The number of benzene rings is 1. The van der Waals surface area contributed by atoms with Crippen LogP contribution >= 0.6 is 0 Å². The van der Waals surface area contributed by atoms with Crippen LogP contribution < -0.4 is 5.32 Å². The lowest BCUT2D eigenvalue weighted by Gasteiger charge is -2.11. The normalized spacial score (nSPS) is 11.6. The van der Waals surface area contributed by atoms with E-state index in [2.05, 4.69) is 10.4 Å². The fraction of sp³-hybridized carbons (Fsp3) is 0.400. The molecule has 0 saturated heterocycles. The number of aryl methyl sites for hydroxylation is 3. The second-order valence-corrected chi connectivity index (χ2v) is 7.18. The molecule has 0 aliphatic rings. The molecule has 1 heterocycles. The molecule has 0 aliphatic carbocycles. The average molecular weight is 307 g/mol. The number of nitrogens with one attached hydrogen (secondary N) is 1. The van der Waals surface area contributed by atoms with E-state index in [1.807, 2.05) is 30.7 Å². The Labute approximate surface area is 125 Å². The minimum absolute atomic E-state index is 0.344. The number of nitrogens with zero attached hydrogens (tertiary/aromatic N) is 2. The van der Waals surface area contributed by atoms with E-state index in [-0.39, 0.29) is 0 Å². The van der Waals surface area contributed by atoms with Gasteiger partial charge in [-0.25, -0.2) is 8.42 Å². The Balaban J connectivity index is 1.94. The van der Waals surface area contributed by atoms with Crippen LogP contribution in [0.4, 0.5) is 5.69 Å². The van der Waals surface area contributed by atoms with Gasteiger partial charge in [-0.2, -0.15) is 5.10 Å². The molecule has 0 unspecified atom stereocenters. The molecule has 1 aromatic carbocycles. The number of rotatable bonds is 6. The second-order valence-electron chi connectivity index (χ2n) is 5.20. The van der Waals surface area contributed by atoms with Crippen LogP contribution in [0, 0.1) is 13.8 Å². The van der Waals surface area contributed by atoms with Gasteiger partial charge in [0, 0.05) is 25.0 Å². The summed E-state index contributed by atoms with van der Waals surface area (Å²) in [5.41, 5.74) is 2.82. The van der Waals surface area contributed by atoms with Gasteiger partial charge >= 0.3 is 0 Å². The van der Waals surface area contributed by atoms with Crippen LogP contribution in [0.2, 0.25) is 0 Å². The summed E-state index contributed by atoms with van der Waals surface area (Å²) in [6, 6.07) is 9.03. The highest BCUT2D eigenvalue weighted by Gasteiger charge is 2.11. The van der Waals surface area contributed by atoms with Crippen LogP contribution in [0.3, 0.4) is 0 Å². The molecule has 21 heavy (non-hydrogen) atoms. The minimum atomic E-state index is -3.21. The lowest BCUT2D eigenvalue weighted by molar-refractivity contribution is 0.573. The molecule has 0 aliphatic heterocycles. The summed E-state index contributed by atoms with van der Waals surface area (Å²) in [4.78, 5) is 0.344. The fourth-order valence-corrected chi connectivity index (χ4v) is 3.15. The van der Waals surface area contributed by atoms with Crippen molar-refractivity contribution in [3.63, 3.8) is 0 Å². The zero-order chi connectivity index (χ0) is 15.5. The van der Waals surface area contributed by atoms with E-state index in [9.17, 15) is 8.42 Å². The molecule has 1 aromatic heterocycles. The lowest BCUT2D eigenvalue weighted by Crippen LogP contribution is -2.11. The number of hydrogen-bond acceptors (Lipinski definition) is 4. The van der Waals surface area contributed by atoms with Crippen molar-refractivity contribution in [2.75, 3.05) is 18.1 Å². The van der Waals surface area contributed by atoms with E-state index < -0.39 is 9.84 Å². The first kappa shape index (κ1) is 15.6. The van der Waals surface area contributed by atoms with Crippen molar-refractivity contribution in [2.45, 2.75) is 31.7 Å². The summed E-state index contributed by atoms with van der Waals surface area (Å²) in [7, 11) is -3.21. The maximum atomic E-state index is 11.7. The van der Waals surface area contributed by atoms with Crippen molar-refractivity contribution in [3.05, 3.63) is 41.7 Å². The van der Waals surface area contributed by atoms with Gasteiger partial charge in [0.05, 0.1) is 16.3 Å². The third-order valence-electron chi connectivity index (χ3n) is 3.25. The molecule has 1 N–H and O–H groups in total. The summed E-state index contributed by atoms with van der Waals surface area (Å²) < 4.78 is 25.4. The molecular weight excluding hydrogens is 286 g/mol. The van der Waals surface area contributed by atoms with Crippen LogP contribution in [-0.2, 0) is 16.4 Å². The van der Waals surface area contributed by atoms with Gasteiger partial charge in [0.1, 0.15) is 0 Å². The van der Waals surface area contributed by atoms with E-state index in [4.69, 9.17) is 0 Å². The summed E-state index contributed by atoms with van der Waals surface area (Å²) >= 11 is 0. The van der Waals surface area contributed by atoms with E-state index in [0.29, 0.717) is 17.1 Å². The van der Waals surface area contributed by atoms with Crippen molar-refractivity contribution in [1.82, 2.24) is 9.78 Å². The molecular formula is C15H21N3O2S. The molecule has 6 heteroatoms. The van der Waals surface area contributed by atoms with E-state index >= 15 is 0 Å². The summed E-state index contributed by atoms with van der Waals surface area (Å²) in [5.74, 6) is 0. The maximum Gasteiger partial charge on any atom is 0.177 e. The molecule has 0 atom stereocenters. The van der Waals surface area contributed by atoms with Crippen LogP contribution in [0.1, 0.15) is 17.8 Å². The van der Waals surface area contributed by atoms with Crippen LogP contribution in [0.15, 0.2) is 35.2 Å². The van der Waals surface area contributed by atoms with Crippen molar-refractivity contribution in [3.8, 4) is 0 Å². The standard InChI is InChI=1S/C15H21N3O2S/c1-12-11-13(2)18(17-12)10-6-9-16-14-7-4-5-8-15(14)21(3,19)20/h4-5,7-8,11,16H,6,9-10H2,1-3H3. The number of hydrogen-bond donors (Lipinski definition) is 1. The Morgan fingerprint density at radius 2 is 1.95 bits per heavy atom. The molecule has 0 amide bonds. The predicted octanol–water partition coefficient (Wildman–Crippen LogP) is 2.41. The lowest BCUT2D eigenvalue weighted by atomic mass is 10.3.